The molecule has 0 amide bonds. The summed E-state index contributed by atoms with van der Waals surface area (Å²) < 4.78 is 8.34. The van der Waals surface area contributed by atoms with Crippen LogP contribution in [0, 0.1) is 13.8 Å². The molecule has 0 unspecified atom stereocenters. The van der Waals surface area contributed by atoms with Gasteiger partial charge in [0.1, 0.15) is 3.70 Å². The summed E-state index contributed by atoms with van der Waals surface area (Å²) in [7, 11) is 0. The molecule has 0 saturated carbocycles. The minimum absolute atomic E-state index is 0.0544. The van der Waals surface area contributed by atoms with Crippen molar-refractivity contribution in [1.82, 2.24) is 9.78 Å². The predicted molar refractivity (Wildman–Crippen MR) is 77.9 cm³/mol. The van der Waals surface area contributed by atoms with E-state index in [4.69, 9.17) is 4.74 Å². The first-order valence-corrected chi connectivity index (χ1v) is 7.18. The van der Waals surface area contributed by atoms with Gasteiger partial charge in [0, 0.05) is 24.1 Å². The second-order valence-electron chi connectivity index (χ2n) is 4.52. The van der Waals surface area contributed by atoms with Crippen LogP contribution in [0.15, 0.2) is 18.2 Å². The highest BCUT2D eigenvalue weighted by atomic mass is 127. The summed E-state index contributed by atoms with van der Waals surface area (Å²) in [5.74, 6) is 0. The third-order valence-electron chi connectivity index (χ3n) is 3.28. The van der Waals surface area contributed by atoms with Crippen molar-refractivity contribution < 1.29 is 9.66 Å². The van der Waals surface area contributed by atoms with Crippen molar-refractivity contribution in [3.8, 4) is 0 Å². The largest absolute Gasteiger partial charge is 0.356 e. The highest BCUT2D eigenvalue weighted by molar-refractivity contribution is 14.1. The Kier molecular flexibility index (Phi) is 3.40. The number of aromatic nitrogens is 2. The van der Waals surface area contributed by atoms with Crippen molar-refractivity contribution in [2.75, 3.05) is 6.61 Å². The van der Waals surface area contributed by atoms with E-state index < -0.39 is 0 Å². The Morgan fingerprint density at radius 3 is 3.00 bits per heavy atom. The minimum atomic E-state index is -0.385. The highest BCUT2D eigenvalue weighted by Crippen LogP contribution is 2.30. The number of non-ortho nitro benzene ring substituents is 1. The van der Waals surface area contributed by atoms with Gasteiger partial charge in [-0.2, -0.15) is 5.10 Å². The molecule has 2 heterocycles. The molecule has 0 spiro atoms. The van der Waals surface area contributed by atoms with Gasteiger partial charge in [-0.25, -0.2) is 4.68 Å². The van der Waals surface area contributed by atoms with Crippen molar-refractivity contribution in [2.45, 2.75) is 25.5 Å². The number of rotatable bonds is 2. The molecule has 1 fully saturated rings. The number of nitro benzene ring substituents is 1. The van der Waals surface area contributed by atoms with Gasteiger partial charge in [-0.3, -0.25) is 10.1 Å². The number of benzene rings is 1. The van der Waals surface area contributed by atoms with E-state index in [-0.39, 0.29) is 16.8 Å². The normalized spacial score (nSPS) is 19.7. The minimum Gasteiger partial charge on any atom is -0.356 e. The molecule has 0 aliphatic carbocycles. The first-order chi connectivity index (χ1) is 9.16. The quantitative estimate of drug-likeness (QED) is 0.460. The molecule has 0 bridgehead atoms. The Bertz CT molecular complexity index is 634. The van der Waals surface area contributed by atoms with Gasteiger partial charge >= 0.3 is 0 Å². The second kappa shape index (κ2) is 5.04. The standard InChI is InChI=1S/C12H12IN3O3/c13-12-9-7-8(16(17)18)4-5-10(9)15(14-12)11-3-1-2-6-19-11/h4-5,7,11H,1-3,6H2/t11-/m1/s1. The van der Waals surface area contributed by atoms with Crippen LogP contribution in [0.1, 0.15) is 25.5 Å². The molecule has 1 saturated heterocycles. The monoisotopic (exact) mass is 373 g/mol. The molecule has 1 aliphatic heterocycles. The van der Waals surface area contributed by atoms with Crippen LogP contribution in [-0.2, 0) is 4.74 Å². The fourth-order valence-electron chi connectivity index (χ4n) is 2.34. The van der Waals surface area contributed by atoms with Crippen LogP contribution in [0.25, 0.3) is 10.9 Å². The molecule has 1 aromatic heterocycles. The number of hydrogen-bond acceptors (Lipinski definition) is 4. The fraction of sp³-hybridized carbons (Fsp3) is 0.417. The number of fused-ring (bicyclic) bond motifs is 1. The Balaban J connectivity index is 2.08. The molecule has 3 rings (SSSR count). The third-order valence-corrected chi connectivity index (χ3v) is 4.08. The maximum atomic E-state index is 10.8. The van der Waals surface area contributed by atoms with E-state index in [0.29, 0.717) is 0 Å². The zero-order valence-corrected chi connectivity index (χ0v) is 12.2. The lowest BCUT2D eigenvalue weighted by molar-refractivity contribution is -0.384. The fourth-order valence-corrected chi connectivity index (χ4v) is 3.01. The summed E-state index contributed by atoms with van der Waals surface area (Å²) in [6, 6.07) is 4.84. The third kappa shape index (κ3) is 2.32. The van der Waals surface area contributed by atoms with Gasteiger partial charge in [0.15, 0.2) is 6.23 Å². The Hall–Kier alpha value is -1.22. The van der Waals surface area contributed by atoms with Gasteiger partial charge in [0.2, 0.25) is 0 Å². The zero-order chi connectivity index (χ0) is 13.4. The summed E-state index contributed by atoms with van der Waals surface area (Å²) in [6.45, 7) is 0.746. The van der Waals surface area contributed by atoms with E-state index in [0.717, 1.165) is 40.5 Å². The SMILES string of the molecule is O=[N+]([O-])c1ccc2c(c1)c(I)nn2[C@H]1CCCCO1. The average Bonchev–Trinajstić information content (AvgIpc) is 2.77. The van der Waals surface area contributed by atoms with Crippen LogP contribution >= 0.6 is 22.6 Å². The molecule has 1 atom stereocenters. The number of halogens is 1. The summed E-state index contributed by atoms with van der Waals surface area (Å²) in [6.07, 6.45) is 3.08. The Labute approximate surface area is 123 Å². The molecule has 0 radical (unpaired) electrons. The molecule has 6 nitrogen and oxygen atoms in total. The van der Waals surface area contributed by atoms with E-state index in [9.17, 15) is 10.1 Å². The smallest absolute Gasteiger partial charge is 0.270 e. The molecule has 1 aromatic carbocycles. The first-order valence-electron chi connectivity index (χ1n) is 6.10. The van der Waals surface area contributed by atoms with Crippen LogP contribution in [0.5, 0.6) is 0 Å². The van der Waals surface area contributed by atoms with E-state index in [1.165, 1.54) is 6.07 Å². The topological polar surface area (TPSA) is 70.2 Å². The highest BCUT2D eigenvalue weighted by Gasteiger charge is 2.21. The molecule has 2 aromatic rings. The maximum absolute atomic E-state index is 10.8. The van der Waals surface area contributed by atoms with Gasteiger partial charge in [0.25, 0.3) is 5.69 Å². The second-order valence-corrected chi connectivity index (χ2v) is 5.54. The average molecular weight is 373 g/mol. The van der Waals surface area contributed by atoms with E-state index >= 15 is 0 Å². The van der Waals surface area contributed by atoms with Crippen molar-refractivity contribution in [1.29, 1.82) is 0 Å². The zero-order valence-electron chi connectivity index (χ0n) is 10.1. The van der Waals surface area contributed by atoms with Crippen molar-refractivity contribution in [3.05, 3.63) is 32.0 Å². The van der Waals surface area contributed by atoms with Crippen molar-refractivity contribution >= 4 is 39.2 Å². The molecular weight excluding hydrogens is 361 g/mol. The van der Waals surface area contributed by atoms with Crippen LogP contribution in [0.3, 0.4) is 0 Å². The lowest BCUT2D eigenvalue weighted by Crippen LogP contribution is -2.19. The number of ether oxygens (including phenoxy) is 1. The van der Waals surface area contributed by atoms with Crippen molar-refractivity contribution in [3.63, 3.8) is 0 Å². The van der Waals surface area contributed by atoms with Gasteiger partial charge in [0.05, 0.1) is 10.4 Å². The van der Waals surface area contributed by atoms with E-state index in [1.54, 1.807) is 12.1 Å². The molecular formula is C12H12IN3O3. The number of nitro groups is 1. The molecule has 0 N–H and O–H groups in total. The van der Waals surface area contributed by atoms with Crippen molar-refractivity contribution in [2.24, 2.45) is 0 Å². The predicted octanol–water partition coefficient (Wildman–Crippen LogP) is 3.25. The van der Waals surface area contributed by atoms with Crippen LogP contribution in [0.4, 0.5) is 5.69 Å². The Morgan fingerprint density at radius 2 is 2.32 bits per heavy atom. The number of hydrogen-bond donors (Lipinski definition) is 0. The molecule has 1 aliphatic rings. The van der Waals surface area contributed by atoms with Gasteiger partial charge < -0.3 is 4.74 Å². The summed E-state index contributed by atoms with van der Waals surface area (Å²) in [4.78, 5) is 10.4. The number of nitrogens with zero attached hydrogens (tertiary/aromatic N) is 3. The lowest BCUT2D eigenvalue weighted by atomic mass is 10.2. The van der Waals surface area contributed by atoms with Crippen LogP contribution in [-0.4, -0.2) is 21.3 Å². The molecule has 100 valence electrons. The molecule has 7 heteroatoms. The first kappa shape index (κ1) is 12.8. The summed E-state index contributed by atoms with van der Waals surface area (Å²) in [5, 5.41) is 16.1. The summed E-state index contributed by atoms with van der Waals surface area (Å²) in [5.41, 5.74) is 0.983. The van der Waals surface area contributed by atoms with Crippen LogP contribution in [0.2, 0.25) is 0 Å². The lowest BCUT2D eigenvalue weighted by Gasteiger charge is -2.23. The van der Waals surface area contributed by atoms with E-state index in [2.05, 4.69) is 27.7 Å². The van der Waals surface area contributed by atoms with Gasteiger partial charge in [-0.15, -0.1) is 0 Å². The van der Waals surface area contributed by atoms with Gasteiger partial charge in [-0.1, -0.05) is 0 Å². The Morgan fingerprint density at radius 1 is 1.47 bits per heavy atom. The van der Waals surface area contributed by atoms with E-state index in [1.807, 2.05) is 4.68 Å². The van der Waals surface area contributed by atoms with Crippen LogP contribution < -0.4 is 0 Å². The van der Waals surface area contributed by atoms with Gasteiger partial charge in [-0.05, 0) is 47.9 Å². The maximum Gasteiger partial charge on any atom is 0.270 e. The molecule has 19 heavy (non-hydrogen) atoms. The summed E-state index contributed by atoms with van der Waals surface area (Å²) >= 11 is 2.11.